The van der Waals surface area contributed by atoms with Gasteiger partial charge in [0.25, 0.3) is 0 Å². The molecule has 1 atom stereocenters. The van der Waals surface area contributed by atoms with Crippen molar-refractivity contribution in [2.45, 2.75) is 25.4 Å². The summed E-state index contributed by atoms with van der Waals surface area (Å²) in [6.07, 6.45) is -5.31. The van der Waals surface area contributed by atoms with Crippen molar-refractivity contribution in [2.75, 3.05) is 19.6 Å². The van der Waals surface area contributed by atoms with Crippen molar-refractivity contribution in [1.29, 1.82) is 0 Å². The average Bonchev–Trinajstić information content (AvgIpc) is 2.80. The van der Waals surface area contributed by atoms with Gasteiger partial charge in [-0.3, -0.25) is 9.59 Å². The molecule has 0 aliphatic carbocycles. The number of amides is 3. The SMILES string of the molecule is NC(=O)CCCNC(=O)N1CCC(C(=O)O)(C(F)(F)F)C1. The number of nitrogens with two attached hydrogens (primary N) is 1. The fourth-order valence-corrected chi connectivity index (χ4v) is 2.08. The van der Waals surface area contributed by atoms with Crippen molar-refractivity contribution in [2.24, 2.45) is 11.1 Å². The minimum Gasteiger partial charge on any atom is -0.481 e. The summed E-state index contributed by atoms with van der Waals surface area (Å²) in [5.41, 5.74) is 1.98. The fourth-order valence-electron chi connectivity index (χ4n) is 2.08. The van der Waals surface area contributed by atoms with E-state index in [4.69, 9.17) is 10.8 Å². The maximum absolute atomic E-state index is 12.9. The Balaban J connectivity index is 2.58. The number of alkyl halides is 3. The summed E-state index contributed by atoms with van der Waals surface area (Å²) in [4.78, 5) is 33.9. The van der Waals surface area contributed by atoms with Gasteiger partial charge in [0.2, 0.25) is 5.91 Å². The number of hydrogen-bond acceptors (Lipinski definition) is 3. The zero-order valence-corrected chi connectivity index (χ0v) is 11.1. The maximum Gasteiger partial charge on any atom is 0.406 e. The van der Waals surface area contributed by atoms with Gasteiger partial charge in [-0.1, -0.05) is 0 Å². The number of rotatable bonds is 5. The van der Waals surface area contributed by atoms with Crippen molar-refractivity contribution >= 4 is 17.9 Å². The minimum absolute atomic E-state index is 0.0435. The number of aliphatic carboxylic acids is 1. The second kappa shape index (κ2) is 6.19. The Kier molecular flexibility index (Phi) is 5.02. The van der Waals surface area contributed by atoms with Gasteiger partial charge in [-0.15, -0.1) is 0 Å². The van der Waals surface area contributed by atoms with E-state index in [0.29, 0.717) is 0 Å². The number of carbonyl (C=O) groups excluding carboxylic acids is 2. The van der Waals surface area contributed by atoms with Crippen LogP contribution in [0.4, 0.5) is 18.0 Å². The molecule has 1 saturated heterocycles. The largest absolute Gasteiger partial charge is 0.481 e. The smallest absolute Gasteiger partial charge is 0.406 e. The molecule has 0 aromatic heterocycles. The number of primary amides is 1. The van der Waals surface area contributed by atoms with Crippen LogP contribution in [0, 0.1) is 5.41 Å². The van der Waals surface area contributed by atoms with E-state index in [1.165, 1.54) is 0 Å². The van der Waals surface area contributed by atoms with Gasteiger partial charge in [0, 0.05) is 26.1 Å². The van der Waals surface area contributed by atoms with Crippen LogP contribution in [0.5, 0.6) is 0 Å². The van der Waals surface area contributed by atoms with Crippen molar-refractivity contribution in [1.82, 2.24) is 10.2 Å². The monoisotopic (exact) mass is 311 g/mol. The van der Waals surface area contributed by atoms with E-state index in [1.807, 2.05) is 0 Å². The third kappa shape index (κ3) is 3.76. The molecule has 1 aliphatic heterocycles. The number of likely N-dealkylation sites (tertiary alicyclic amines) is 1. The summed E-state index contributed by atoms with van der Waals surface area (Å²) in [7, 11) is 0. The Bertz CT molecular complexity index is 441. The van der Waals surface area contributed by atoms with Gasteiger partial charge in [0.15, 0.2) is 5.41 Å². The van der Waals surface area contributed by atoms with Crippen LogP contribution in [-0.4, -0.2) is 53.7 Å². The molecular formula is C11H16F3N3O4. The lowest BCUT2D eigenvalue weighted by molar-refractivity contribution is -0.227. The lowest BCUT2D eigenvalue weighted by atomic mass is 9.86. The highest BCUT2D eigenvalue weighted by molar-refractivity contribution is 5.80. The maximum atomic E-state index is 12.9. The normalized spacial score (nSPS) is 22.1. The molecule has 0 saturated carbocycles. The van der Waals surface area contributed by atoms with Crippen LogP contribution < -0.4 is 11.1 Å². The van der Waals surface area contributed by atoms with E-state index in [0.717, 1.165) is 4.90 Å². The summed E-state index contributed by atoms with van der Waals surface area (Å²) < 4.78 is 38.7. The fraction of sp³-hybridized carbons (Fsp3) is 0.727. The van der Waals surface area contributed by atoms with Crippen molar-refractivity contribution in [3.8, 4) is 0 Å². The van der Waals surface area contributed by atoms with Gasteiger partial charge in [0.05, 0.1) is 0 Å². The van der Waals surface area contributed by atoms with Gasteiger partial charge >= 0.3 is 18.2 Å². The first kappa shape index (κ1) is 17.1. The second-order valence-electron chi connectivity index (χ2n) is 4.86. The predicted molar refractivity (Wildman–Crippen MR) is 64.1 cm³/mol. The molecule has 4 N–H and O–H groups in total. The first-order chi connectivity index (χ1) is 9.60. The molecule has 1 rings (SSSR count). The average molecular weight is 311 g/mol. The Hall–Kier alpha value is -2.00. The number of urea groups is 1. The molecule has 0 aromatic rings. The molecule has 120 valence electrons. The second-order valence-corrected chi connectivity index (χ2v) is 4.86. The molecular weight excluding hydrogens is 295 g/mol. The van der Waals surface area contributed by atoms with E-state index in [1.54, 1.807) is 0 Å². The molecule has 1 unspecified atom stereocenters. The molecule has 21 heavy (non-hydrogen) atoms. The van der Waals surface area contributed by atoms with Gasteiger partial charge in [0.1, 0.15) is 0 Å². The van der Waals surface area contributed by atoms with Crippen molar-refractivity contribution in [3.63, 3.8) is 0 Å². The van der Waals surface area contributed by atoms with Crippen molar-refractivity contribution in [3.05, 3.63) is 0 Å². The summed E-state index contributed by atoms with van der Waals surface area (Å²) in [6.45, 7) is -1.15. The lowest BCUT2D eigenvalue weighted by Gasteiger charge is -2.27. The molecule has 3 amide bonds. The number of halogens is 3. The molecule has 1 heterocycles. The number of carboxylic acids is 1. The Labute approximate surface area is 118 Å². The number of carboxylic acid groups (broad SMARTS) is 1. The van der Waals surface area contributed by atoms with E-state index in [-0.39, 0.29) is 25.9 Å². The van der Waals surface area contributed by atoms with Crippen LogP contribution in [0.15, 0.2) is 0 Å². The zero-order chi connectivity index (χ0) is 16.3. The van der Waals surface area contributed by atoms with Crippen LogP contribution in [0.2, 0.25) is 0 Å². The van der Waals surface area contributed by atoms with Crippen LogP contribution in [0.3, 0.4) is 0 Å². The van der Waals surface area contributed by atoms with Gasteiger partial charge in [-0.2, -0.15) is 13.2 Å². The standard InChI is InChI=1S/C11H16F3N3O4/c12-11(13,14)10(8(19)20)3-5-17(6-10)9(21)16-4-1-2-7(15)18/h1-6H2,(H2,15,18)(H,16,21)(H,19,20). The van der Waals surface area contributed by atoms with Gasteiger partial charge < -0.3 is 21.1 Å². The Morgan fingerprint density at radius 3 is 2.38 bits per heavy atom. The summed E-state index contributed by atoms with van der Waals surface area (Å²) >= 11 is 0. The molecule has 0 aromatic carbocycles. The number of carbonyl (C=O) groups is 3. The minimum atomic E-state index is -4.93. The van der Waals surface area contributed by atoms with E-state index in [2.05, 4.69) is 5.32 Å². The number of nitrogens with one attached hydrogen (secondary N) is 1. The summed E-state index contributed by atoms with van der Waals surface area (Å²) in [5.74, 6) is -2.54. The number of nitrogens with zero attached hydrogens (tertiary/aromatic N) is 1. The summed E-state index contributed by atoms with van der Waals surface area (Å²) in [5, 5.41) is 11.2. The molecule has 1 aliphatic rings. The molecule has 10 heteroatoms. The van der Waals surface area contributed by atoms with Crippen LogP contribution in [0.25, 0.3) is 0 Å². The molecule has 7 nitrogen and oxygen atoms in total. The quantitative estimate of drug-likeness (QED) is 0.634. The summed E-state index contributed by atoms with van der Waals surface area (Å²) in [6, 6.07) is -0.785. The first-order valence-corrected chi connectivity index (χ1v) is 6.21. The van der Waals surface area contributed by atoms with E-state index >= 15 is 0 Å². The Morgan fingerprint density at radius 2 is 1.95 bits per heavy atom. The van der Waals surface area contributed by atoms with Crippen LogP contribution in [0.1, 0.15) is 19.3 Å². The Morgan fingerprint density at radius 1 is 1.33 bits per heavy atom. The van der Waals surface area contributed by atoms with Crippen LogP contribution in [-0.2, 0) is 9.59 Å². The van der Waals surface area contributed by atoms with Gasteiger partial charge in [-0.05, 0) is 12.8 Å². The third-order valence-electron chi connectivity index (χ3n) is 3.38. The molecule has 1 fully saturated rings. The molecule has 0 bridgehead atoms. The first-order valence-electron chi connectivity index (χ1n) is 6.21. The highest BCUT2D eigenvalue weighted by Crippen LogP contribution is 2.45. The van der Waals surface area contributed by atoms with E-state index in [9.17, 15) is 27.6 Å². The highest BCUT2D eigenvalue weighted by atomic mass is 19.4. The zero-order valence-electron chi connectivity index (χ0n) is 11.1. The van der Waals surface area contributed by atoms with Crippen LogP contribution >= 0.6 is 0 Å². The highest BCUT2D eigenvalue weighted by Gasteiger charge is 2.64. The predicted octanol–water partition coefficient (Wildman–Crippen LogP) is 0.300. The van der Waals surface area contributed by atoms with Crippen molar-refractivity contribution < 1.29 is 32.7 Å². The topological polar surface area (TPSA) is 113 Å². The van der Waals surface area contributed by atoms with E-state index < -0.39 is 42.5 Å². The molecule has 0 radical (unpaired) electrons. The number of hydrogen-bond donors (Lipinski definition) is 3. The lowest BCUT2D eigenvalue weighted by Crippen LogP contribution is -2.49. The third-order valence-corrected chi connectivity index (χ3v) is 3.38. The van der Waals surface area contributed by atoms with Gasteiger partial charge in [-0.25, -0.2) is 4.79 Å². The molecule has 0 spiro atoms.